The lowest BCUT2D eigenvalue weighted by Crippen LogP contribution is -2.23. The van der Waals surface area contributed by atoms with Crippen molar-refractivity contribution in [1.29, 1.82) is 0 Å². The van der Waals surface area contributed by atoms with Gasteiger partial charge in [0, 0.05) is 6.04 Å². The van der Waals surface area contributed by atoms with E-state index in [1.165, 1.54) is 25.0 Å². The van der Waals surface area contributed by atoms with Crippen LogP contribution in [0.1, 0.15) is 26.7 Å². The van der Waals surface area contributed by atoms with Crippen LogP contribution in [0, 0.1) is 0 Å². The largest absolute Gasteiger partial charge is 0.311 e. The van der Waals surface area contributed by atoms with Gasteiger partial charge in [-0.15, -0.1) is 0 Å². The number of nitrogens with one attached hydrogen (secondary N) is 1. The first kappa shape index (κ1) is 6.81. The van der Waals surface area contributed by atoms with Gasteiger partial charge in [0.25, 0.3) is 0 Å². The second-order valence-electron chi connectivity index (χ2n) is 2.86. The van der Waals surface area contributed by atoms with Crippen molar-refractivity contribution >= 4 is 0 Å². The molecule has 1 heterocycles. The van der Waals surface area contributed by atoms with E-state index in [-0.39, 0.29) is 0 Å². The van der Waals surface area contributed by atoms with Crippen LogP contribution in [-0.2, 0) is 0 Å². The Morgan fingerprint density at radius 1 is 1.67 bits per heavy atom. The van der Waals surface area contributed by atoms with Gasteiger partial charge in [0.05, 0.1) is 0 Å². The van der Waals surface area contributed by atoms with Gasteiger partial charge in [-0.1, -0.05) is 11.6 Å². The topological polar surface area (TPSA) is 12.0 Å². The molecule has 1 rings (SSSR count). The maximum absolute atomic E-state index is 3.40. The van der Waals surface area contributed by atoms with Crippen LogP contribution in [0.3, 0.4) is 0 Å². The number of hydrogen-bond donors (Lipinski definition) is 1. The second kappa shape index (κ2) is 3.02. The zero-order valence-corrected chi connectivity index (χ0v) is 6.28. The van der Waals surface area contributed by atoms with Gasteiger partial charge in [0.15, 0.2) is 0 Å². The molecule has 0 aromatic carbocycles. The molecule has 0 fully saturated rings. The van der Waals surface area contributed by atoms with E-state index in [9.17, 15) is 0 Å². The molecule has 0 radical (unpaired) electrons. The summed E-state index contributed by atoms with van der Waals surface area (Å²) in [5.74, 6) is 0. The molecule has 0 aliphatic carbocycles. The van der Waals surface area contributed by atoms with E-state index in [0.717, 1.165) is 0 Å². The predicted octanol–water partition coefficient (Wildman–Crippen LogP) is 1.70. The number of rotatable bonds is 0. The number of allylic oxidation sites excluding steroid dienone is 1. The van der Waals surface area contributed by atoms with Gasteiger partial charge in [-0.25, -0.2) is 0 Å². The first-order chi connectivity index (χ1) is 4.29. The summed E-state index contributed by atoms with van der Waals surface area (Å²) in [6, 6.07) is 0.590. The van der Waals surface area contributed by atoms with Crippen molar-refractivity contribution in [1.82, 2.24) is 5.32 Å². The van der Waals surface area contributed by atoms with Crippen LogP contribution >= 0.6 is 0 Å². The molecule has 0 spiro atoms. The first-order valence-electron chi connectivity index (χ1n) is 3.70. The van der Waals surface area contributed by atoms with Crippen molar-refractivity contribution in [3.63, 3.8) is 0 Å². The molecule has 9 heavy (non-hydrogen) atoms. The van der Waals surface area contributed by atoms with Crippen LogP contribution in [0.15, 0.2) is 11.6 Å². The van der Waals surface area contributed by atoms with Crippen LogP contribution in [0.4, 0.5) is 0 Å². The maximum atomic E-state index is 3.40. The van der Waals surface area contributed by atoms with Crippen LogP contribution in [0.2, 0.25) is 0 Å². The van der Waals surface area contributed by atoms with Gasteiger partial charge < -0.3 is 5.32 Å². The summed E-state index contributed by atoms with van der Waals surface area (Å²) < 4.78 is 0. The quantitative estimate of drug-likeness (QED) is 0.486. The molecule has 0 unspecified atom stereocenters. The molecular formula is C8H15N. The lowest BCUT2D eigenvalue weighted by molar-refractivity contribution is 0.628. The summed E-state index contributed by atoms with van der Waals surface area (Å²) in [5, 5.41) is 3.40. The second-order valence-corrected chi connectivity index (χ2v) is 2.86. The summed E-state index contributed by atoms with van der Waals surface area (Å²) >= 11 is 0. The average Bonchev–Trinajstić information content (AvgIpc) is 1.93. The van der Waals surface area contributed by atoms with Gasteiger partial charge >= 0.3 is 0 Å². The Bertz CT molecular complexity index is 116. The lowest BCUT2D eigenvalue weighted by atomic mass is 10.1. The molecule has 0 amide bonds. The van der Waals surface area contributed by atoms with E-state index in [0.29, 0.717) is 6.04 Å². The fourth-order valence-electron chi connectivity index (χ4n) is 1.27. The Morgan fingerprint density at radius 2 is 2.44 bits per heavy atom. The molecular weight excluding hydrogens is 110 g/mol. The Labute approximate surface area is 57.1 Å². The highest BCUT2D eigenvalue weighted by molar-refractivity contribution is 5.04. The standard InChI is InChI=1S/C8H15N/c1-7-4-3-5-9-8(2)6-7/h6,8-9H,3-5H2,1-2H3/t8-/m0/s1. The molecule has 1 N–H and O–H groups in total. The fraction of sp³-hybridized carbons (Fsp3) is 0.750. The van der Waals surface area contributed by atoms with Crippen molar-refractivity contribution in [2.45, 2.75) is 32.7 Å². The van der Waals surface area contributed by atoms with Gasteiger partial charge in [-0.05, 0) is 33.2 Å². The molecule has 1 heteroatoms. The van der Waals surface area contributed by atoms with Crippen molar-refractivity contribution in [3.05, 3.63) is 11.6 Å². The molecule has 0 bridgehead atoms. The Balaban J connectivity index is 2.49. The third-order valence-corrected chi connectivity index (χ3v) is 1.75. The van der Waals surface area contributed by atoms with E-state index < -0.39 is 0 Å². The number of hydrogen-bond acceptors (Lipinski definition) is 1. The van der Waals surface area contributed by atoms with Gasteiger partial charge in [-0.2, -0.15) is 0 Å². The highest BCUT2D eigenvalue weighted by Crippen LogP contribution is 2.07. The van der Waals surface area contributed by atoms with E-state index in [1.54, 1.807) is 0 Å². The fourth-order valence-corrected chi connectivity index (χ4v) is 1.27. The molecule has 52 valence electrons. The average molecular weight is 125 g/mol. The SMILES string of the molecule is CC1=C[C@H](C)NCCC1. The minimum Gasteiger partial charge on any atom is -0.311 e. The summed E-state index contributed by atoms with van der Waals surface area (Å²) in [5.41, 5.74) is 1.53. The van der Waals surface area contributed by atoms with E-state index in [4.69, 9.17) is 0 Å². The monoisotopic (exact) mass is 125 g/mol. The van der Waals surface area contributed by atoms with E-state index >= 15 is 0 Å². The molecule has 1 nitrogen and oxygen atoms in total. The van der Waals surface area contributed by atoms with Crippen molar-refractivity contribution in [2.24, 2.45) is 0 Å². The minimum atomic E-state index is 0.590. The van der Waals surface area contributed by atoms with Crippen molar-refractivity contribution in [3.8, 4) is 0 Å². The molecule has 0 aromatic heterocycles. The van der Waals surface area contributed by atoms with E-state index in [2.05, 4.69) is 25.2 Å². The summed E-state index contributed by atoms with van der Waals surface area (Å²) in [6.07, 6.45) is 4.89. The Morgan fingerprint density at radius 3 is 3.22 bits per heavy atom. The van der Waals surface area contributed by atoms with E-state index in [1.807, 2.05) is 0 Å². The van der Waals surface area contributed by atoms with Gasteiger partial charge in [0.2, 0.25) is 0 Å². The molecule has 0 aromatic rings. The highest BCUT2D eigenvalue weighted by atomic mass is 14.9. The summed E-state index contributed by atoms with van der Waals surface area (Å²) in [4.78, 5) is 0. The van der Waals surface area contributed by atoms with Crippen molar-refractivity contribution in [2.75, 3.05) is 6.54 Å². The molecule has 1 atom stereocenters. The van der Waals surface area contributed by atoms with Crippen LogP contribution < -0.4 is 5.32 Å². The molecule has 0 saturated heterocycles. The maximum Gasteiger partial charge on any atom is 0.0224 e. The van der Waals surface area contributed by atoms with Gasteiger partial charge in [-0.3, -0.25) is 0 Å². The van der Waals surface area contributed by atoms with Crippen molar-refractivity contribution < 1.29 is 0 Å². The lowest BCUT2D eigenvalue weighted by Gasteiger charge is -2.03. The Hall–Kier alpha value is -0.300. The summed E-state index contributed by atoms with van der Waals surface area (Å²) in [7, 11) is 0. The minimum absolute atomic E-state index is 0.590. The summed E-state index contributed by atoms with van der Waals surface area (Å²) in [6.45, 7) is 5.59. The third-order valence-electron chi connectivity index (χ3n) is 1.75. The van der Waals surface area contributed by atoms with Gasteiger partial charge in [0.1, 0.15) is 0 Å². The third kappa shape index (κ3) is 2.19. The van der Waals surface area contributed by atoms with Crippen LogP contribution in [0.5, 0.6) is 0 Å². The first-order valence-corrected chi connectivity index (χ1v) is 3.70. The zero-order valence-electron chi connectivity index (χ0n) is 6.28. The Kier molecular flexibility index (Phi) is 2.29. The smallest absolute Gasteiger partial charge is 0.0224 e. The zero-order chi connectivity index (χ0) is 6.69. The predicted molar refractivity (Wildman–Crippen MR) is 40.5 cm³/mol. The highest BCUT2D eigenvalue weighted by Gasteiger charge is 2.01. The molecule has 1 aliphatic heterocycles. The normalized spacial score (nSPS) is 29.1. The molecule has 0 saturated carbocycles. The van der Waals surface area contributed by atoms with Crippen LogP contribution in [-0.4, -0.2) is 12.6 Å². The van der Waals surface area contributed by atoms with Crippen LogP contribution in [0.25, 0.3) is 0 Å². The molecule has 1 aliphatic rings.